The van der Waals surface area contributed by atoms with Crippen molar-refractivity contribution in [3.63, 3.8) is 0 Å². The zero-order chi connectivity index (χ0) is 16.9. The number of ether oxygens (including phenoxy) is 2. The van der Waals surface area contributed by atoms with Gasteiger partial charge in [-0.25, -0.2) is 4.79 Å². The lowest BCUT2D eigenvalue weighted by Gasteiger charge is -2.34. The zero-order valence-electron chi connectivity index (χ0n) is 13.6. The average molecular weight is 335 g/mol. The Bertz CT molecular complexity index is 609. The lowest BCUT2D eigenvalue weighted by molar-refractivity contribution is 0.00783. The molecule has 0 bridgehead atoms. The van der Waals surface area contributed by atoms with Crippen LogP contribution in [0.15, 0.2) is 23.5 Å². The summed E-state index contributed by atoms with van der Waals surface area (Å²) in [6, 6.07) is 1.73. The summed E-state index contributed by atoms with van der Waals surface area (Å²) in [6.07, 6.45) is 4.51. The second kappa shape index (κ2) is 7.53. The molecule has 2 heterocycles. The normalized spacial score (nSPS) is 18.0. The molecule has 1 aliphatic heterocycles. The van der Waals surface area contributed by atoms with Crippen LogP contribution in [0, 0.1) is 0 Å². The number of piperidine rings is 1. The molecule has 0 aromatic carbocycles. The maximum Gasteiger partial charge on any atom is 0.410 e. The highest BCUT2D eigenvalue weighted by Gasteiger charge is 2.28. The van der Waals surface area contributed by atoms with Gasteiger partial charge in [-0.15, -0.1) is 0 Å². The number of hydrogen-bond donors (Lipinski definition) is 0. The Hall–Kier alpha value is -1.98. The molecule has 0 unspecified atom stereocenters. The summed E-state index contributed by atoms with van der Waals surface area (Å²) in [7, 11) is 0. The molecule has 1 aromatic rings. The van der Waals surface area contributed by atoms with Crippen molar-refractivity contribution in [1.29, 1.82) is 0 Å². The summed E-state index contributed by atoms with van der Waals surface area (Å²) >= 11 is 4.63. The SMILES string of the molecule is CC(C)(C)OC(=O)N1CCC[C@@H](Oc2ccncc2N=C=S)C1. The lowest BCUT2D eigenvalue weighted by Crippen LogP contribution is -2.46. The molecular formula is C16H21N3O3S. The van der Waals surface area contributed by atoms with Crippen molar-refractivity contribution in [2.75, 3.05) is 13.1 Å². The van der Waals surface area contributed by atoms with E-state index in [1.807, 2.05) is 20.8 Å². The number of nitrogens with zero attached hydrogens (tertiary/aromatic N) is 3. The third kappa shape index (κ3) is 5.30. The Kier molecular flexibility index (Phi) is 5.69. The van der Waals surface area contributed by atoms with Crippen molar-refractivity contribution >= 4 is 29.2 Å². The first-order valence-electron chi connectivity index (χ1n) is 7.55. The van der Waals surface area contributed by atoms with Crippen LogP contribution in [0.3, 0.4) is 0 Å². The van der Waals surface area contributed by atoms with Crippen LogP contribution in [-0.2, 0) is 4.74 Å². The molecule has 0 N–H and O–H groups in total. The van der Waals surface area contributed by atoms with Crippen molar-refractivity contribution in [3.8, 4) is 5.75 Å². The minimum absolute atomic E-state index is 0.113. The first-order chi connectivity index (χ1) is 10.9. The number of thiocarbonyl (C=S) groups is 1. The van der Waals surface area contributed by atoms with Gasteiger partial charge in [0.2, 0.25) is 0 Å². The van der Waals surface area contributed by atoms with Crippen molar-refractivity contribution in [1.82, 2.24) is 9.88 Å². The molecular weight excluding hydrogens is 314 g/mol. The third-order valence-corrected chi connectivity index (χ3v) is 3.34. The highest BCUT2D eigenvalue weighted by molar-refractivity contribution is 7.78. The van der Waals surface area contributed by atoms with E-state index >= 15 is 0 Å². The maximum atomic E-state index is 12.2. The molecule has 1 atom stereocenters. The molecule has 2 rings (SSSR count). The number of carbonyl (C=O) groups excluding carboxylic acids is 1. The Morgan fingerprint density at radius 2 is 2.30 bits per heavy atom. The first kappa shape index (κ1) is 17.4. The van der Waals surface area contributed by atoms with Crippen LogP contribution < -0.4 is 4.74 Å². The summed E-state index contributed by atoms with van der Waals surface area (Å²) in [5.74, 6) is 0.591. The zero-order valence-corrected chi connectivity index (χ0v) is 14.4. The number of aliphatic imine (C=N–C) groups is 1. The number of carbonyl (C=O) groups is 1. The lowest BCUT2D eigenvalue weighted by atomic mass is 10.1. The van der Waals surface area contributed by atoms with Gasteiger partial charge in [0, 0.05) is 18.8 Å². The van der Waals surface area contributed by atoms with Crippen molar-refractivity contribution in [2.45, 2.75) is 45.3 Å². The van der Waals surface area contributed by atoms with Crippen LogP contribution >= 0.6 is 12.2 Å². The van der Waals surface area contributed by atoms with Crippen molar-refractivity contribution < 1.29 is 14.3 Å². The predicted octanol–water partition coefficient (Wildman–Crippen LogP) is 3.59. The van der Waals surface area contributed by atoms with Gasteiger partial charge in [-0.2, -0.15) is 4.99 Å². The fraction of sp³-hybridized carbons (Fsp3) is 0.562. The van der Waals surface area contributed by atoms with Crippen LogP contribution in [0.2, 0.25) is 0 Å². The molecule has 0 aliphatic carbocycles. The van der Waals surface area contributed by atoms with E-state index in [1.54, 1.807) is 23.4 Å². The third-order valence-electron chi connectivity index (χ3n) is 3.25. The monoisotopic (exact) mass is 335 g/mol. The molecule has 1 aromatic heterocycles. The van der Waals surface area contributed by atoms with Crippen LogP contribution in [0.25, 0.3) is 0 Å². The van der Waals surface area contributed by atoms with Gasteiger partial charge in [0.1, 0.15) is 23.1 Å². The molecule has 23 heavy (non-hydrogen) atoms. The molecule has 124 valence electrons. The van der Waals surface area contributed by atoms with Crippen LogP contribution in [-0.4, -0.2) is 45.9 Å². The number of likely N-dealkylation sites (tertiary alicyclic amines) is 1. The molecule has 6 nitrogen and oxygen atoms in total. The van der Waals surface area contributed by atoms with Gasteiger partial charge < -0.3 is 14.4 Å². The Labute approximate surface area is 141 Å². The molecule has 0 saturated carbocycles. The van der Waals surface area contributed by atoms with Gasteiger partial charge in [-0.3, -0.25) is 4.98 Å². The smallest absolute Gasteiger partial charge is 0.410 e. The number of pyridine rings is 1. The molecule has 0 radical (unpaired) electrons. The first-order valence-corrected chi connectivity index (χ1v) is 7.96. The van der Waals surface area contributed by atoms with E-state index in [-0.39, 0.29) is 12.2 Å². The quantitative estimate of drug-likeness (QED) is 0.624. The molecule has 1 amide bonds. The fourth-order valence-corrected chi connectivity index (χ4v) is 2.41. The van der Waals surface area contributed by atoms with Crippen LogP contribution in [0.1, 0.15) is 33.6 Å². The van der Waals surface area contributed by atoms with E-state index in [1.165, 1.54) is 0 Å². The standard InChI is InChI=1S/C16H21N3O3S/c1-16(2,3)22-15(20)19-8-4-5-12(10-19)21-14-6-7-17-9-13(14)18-11-23/h6-7,9,12H,4-5,8,10H2,1-3H3/t12-/m1/s1. The highest BCUT2D eigenvalue weighted by atomic mass is 32.1. The number of isothiocyanates is 1. The van der Waals surface area contributed by atoms with Crippen LogP contribution in [0.5, 0.6) is 5.75 Å². The summed E-state index contributed by atoms with van der Waals surface area (Å²) in [5, 5.41) is 2.32. The molecule has 1 saturated heterocycles. The van der Waals surface area contributed by atoms with E-state index in [0.29, 0.717) is 24.5 Å². The fourth-order valence-electron chi connectivity index (χ4n) is 2.31. The van der Waals surface area contributed by atoms with Crippen LogP contribution in [0.4, 0.5) is 10.5 Å². The summed E-state index contributed by atoms with van der Waals surface area (Å²) in [4.78, 5) is 21.8. The Balaban J connectivity index is 2.02. The van der Waals surface area contributed by atoms with E-state index in [4.69, 9.17) is 9.47 Å². The van der Waals surface area contributed by atoms with Gasteiger partial charge in [0.25, 0.3) is 0 Å². The van der Waals surface area contributed by atoms with E-state index in [0.717, 1.165) is 12.8 Å². The van der Waals surface area contributed by atoms with Crippen molar-refractivity contribution in [2.24, 2.45) is 4.99 Å². The Morgan fingerprint density at radius 1 is 1.52 bits per heavy atom. The Morgan fingerprint density at radius 3 is 3.00 bits per heavy atom. The maximum absolute atomic E-state index is 12.2. The number of amides is 1. The van der Waals surface area contributed by atoms with Gasteiger partial charge >= 0.3 is 6.09 Å². The molecule has 7 heteroatoms. The van der Waals surface area contributed by atoms with Gasteiger partial charge in [0.05, 0.1) is 17.9 Å². The summed E-state index contributed by atoms with van der Waals surface area (Å²) in [6.45, 7) is 6.73. The largest absolute Gasteiger partial charge is 0.486 e. The minimum atomic E-state index is -0.503. The number of rotatable bonds is 3. The topological polar surface area (TPSA) is 64.0 Å². The molecule has 0 spiro atoms. The van der Waals surface area contributed by atoms with Crippen molar-refractivity contribution in [3.05, 3.63) is 18.5 Å². The second-order valence-electron chi connectivity index (χ2n) is 6.35. The van der Waals surface area contributed by atoms with E-state index < -0.39 is 5.60 Å². The predicted molar refractivity (Wildman–Crippen MR) is 90.4 cm³/mol. The van der Waals surface area contributed by atoms with Gasteiger partial charge in [-0.05, 0) is 45.8 Å². The number of hydrogen-bond acceptors (Lipinski definition) is 6. The average Bonchev–Trinajstić information content (AvgIpc) is 2.48. The van der Waals surface area contributed by atoms with Gasteiger partial charge in [0.15, 0.2) is 0 Å². The molecule has 1 fully saturated rings. The summed E-state index contributed by atoms with van der Waals surface area (Å²) < 4.78 is 11.4. The minimum Gasteiger partial charge on any atom is -0.486 e. The van der Waals surface area contributed by atoms with E-state index in [9.17, 15) is 4.79 Å². The van der Waals surface area contributed by atoms with Gasteiger partial charge in [-0.1, -0.05) is 0 Å². The van der Waals surface area contributed by atoms with E-state index in [2.05, 4.69) is 27.4 Å². The second-order valence-corrected chi connectivity index (χ2v) is 6.54. The highest BCUT2D eigenvalue weighted by Crippen LogP contribution is 2.28. The molecule has 1 aliphatic rings. The number of aromatic nitrogens is 1. The summed E-state index contributed by atoms with van der Waals surface area (Å²) in [5.41, 5.74) is 0.0360.